The molecule has 0 aromatic heterocycles. The molecule has 2 aromatic carbocycles. The van der Waals surface area contributed by atoms with Crippen LogP contribution >= 0.6 is 0 Å². The van der Waals surface area contributed by atoms with E-state index in [9.17, 15) is 9.90 Å². The molecule has 2 saturated carbocycles. The molecular formula is C27H33O3Y-. The molecule has 1 radical (unpaired) electrons. The van der Waals surface area contributed by atoms with Crippen LogP contribution in [0.25, 0.3) is 0 Å². The molecule has 3 atom stereocenters. The Morgan fingerprint density at radius 2 is 2.10 bits per heavy atom. The van der Waals surface area contributed by atoms with Gasteiger partial charge in [-0.2, -0.15) is 30.3 Å². The number of carbonyl (C=O) groups is 1. The van der Waals surface area contributed by atoms with Crippen LogP contribution in [0.15, 0.2) is 48.5 Å². The van der Waals surface area contributed by atoms with E-state index in [0.717, 1.165) is 48.8 Å². The van der Waals surface area contributed by atoms with Crippen LogP contribution in [-0.2, 0) is 48.8 Å². The minimum Gasteiger partial charge on any atom is -0.389 e. The number of benzene rings is 2. The number of rotatable bonds is 9. The van der Waals surface area contributed by atoms with Gasteiger partial charge in [0.2, 0.25) is 0 Å². The maximum absolute atomic E-state index is 12.7. The van der Waals surface area contributed by atoms with Gasteiger partial charge in [-0.3, -0.25) is 4.79 Å². The van der Waals surface area contributed by atoms with Crippen LogP contribution in [0.5, 0.6) is 0 Å². The number of carbonyl (C=O) groups excluding carboxylic acids is 1. The summed E-state index contributed by atoms with van der Waals surface area (Å²) in [7, 11) is 0. The van der Waals surface area contributed by atoms with Gasteiger partial charge in [-0.1, -0.05) is 44.0 Å². The number of hydrogen-bond donors (Lipinski definition) is 1. The minimum absolute atomic E-state index is 0. The van der Waals surface area contributed by atoms with Crippen molar-refractivity contribution in [3.05, 3.63) is 71.3 Å². The number of aliphatic hydroxyl groups excluding tert-OH is 1. The fraction of sp³-hybridized carbons (Fsp3) is 0.519. The second-order valence-electron chi connectivity index (χ2n) is 9.21. The smallest absolute Gasteiger partial charge is 0.140 e. The number of Topliss-reactive ketones (excluding diaryl/α,β-unsaturated/α-hetero) is 1. The zero-order valence-corrected chi connectivity index (χ0v) is 21.4. The first-order valence-electron chi connectivity index (χ1n) is 11.5. The van der Waals surface area contributed by atoms with Gasteiger partial charge >= 0.3 is 0 Å². The molecule has 2 aromatic rings. The van der Waals surface area contributed by atoms with Crippen LogP contribution in [0, 0.1) is 17.4 Å². The molecule has 1 N–H and O–H groups in total. The van der Waals surface area contributed by atoms with Crippen molar-refractivity contribution in [2.75, 3.05) is 6.61 Å². The molecule has 0 aliphatic heterocycles. The third-order valence-electron chi connectivity index (χ3n) is 7.21. The van der Waals surface area contributed by atoms with Crippen molar-refractivity contribution >= 4 is 5.78 Å². The van der Waals surface area contributed by atoms with Crippen molar-refractivity contribution < 1.29 is 47.3 Å². The summed E-state index contributed by atoms with van der Waals surface area (Å²) in [4.78, 5) is 12.7. The van der Waals surface area contributed by atoms with E-state index >= 15 is 0 Å². The van der Waals surface area contributed by atoms with Crippen molar-refractivity contribution in [2.24, 2.45) is 11.3 Å². The summed E-state index contributed by atoms with van der Waals surface area (Å²) < 4.78 is 5.97. The first-order valence-corrected chi connectivity index (χ1v) is 11.5. The monoisotopic (exact) mass is 494 g/mol. The Hall–Kier alpha value is -0.866. The van der Waals surface area contributed by atoms with Gasteiger partial charge in [-0.15, -0.1) is 5.56 Å². The van der Waals surface area contributed by atoms with E-state index in [1.165, 1.54) is 6.42 Å². The fourth-order valence-electron chi connectivity index (χ4n) is 5.46. The first-order chi connectivity index (χ1) is 14.6. The number of ketones is 1. The molecule has 2 fully saturated rings. The molecule has 0 heterocycles. The van der Waals surface area contributed by atoms with Crippen molar-refractivity contribution in [3.8, 4) is 0 Å². The summed E-state index contributed by atoms with van der Waals surface area (Å²) in [6.45, 7) is 3.32. The molecule has 2 aliphatic carbocycles. The molecule has 163 valence electrons. The summed E-state index contributed by atoms with van der Waals surface area (Å²) in [5.41, 5.74) is 3.15. The second kappa shape index (κ2) is 11.3. The van der Waals surface area contributed by atoms with E-state index in [1.807, 2.05) is 36.4 Å². The van der Waals surface area contributed by atoms with Gasteiger partial charge in [0.25, 0.3) is 0 Å². The number of ether oxygens (including phenoxy) is 1. The average Bonchev–Trinajstić information content (AvgIpc) is 3.11. The summed E-state index contributed by atoms with van der Waals surface area (Å²) in [5, 5.41) is 11.2. The van der Waals surface area contributed by atoms with Gasteiger partial charge in [0, 0.05) is 63.7 Å². The zero-order chi connectivity index (χ0) is 21.0. The van der Waals surface area contributed by atoms with E-state index in [2.05, 4.69) is 25.1 Å². The van der Waals surface area contributed by atoms with Gasteiger partial charge in [0.1, 0.15) is 5.78 Å². The summed E-state index contributed by atoms with van der Waals surface area (Å²) in [6.07, 6.45) is 6.61. The van der Waals surface area contributed by atoms with Gasteiger partial charge in [-0.25, -0.2) is 0 Å². The SMILES string of the molecule is CCCC1(C(O)c2cccc(C3C(=O)CCC3COCc3c[c-]ccc3)c2)CCC1.[Y]. The molecule has 31 heavy (non-hydrogen) atoms. The largest absolute Gasteiger partial charge is 0.389 e. The van der Waals surface area contributed by atoms with E-state index in [1.54, 1.807) is 0 Å². The van der Waals surface area contributed by atoms with E-state index in [0.29, 0.717) is 25.4 Å². The number of hydrogen-bond acceptors (Lipinski definition) is 3. The Morgan fingerprint density at radius 3 is 2.77 bits per heavy atom. The Balaban J connectivity index is 0.00000272. The normalized spacial score (nSPS) is 23.1. The van der Waals surface area contributed by atoms with E-state index in [4.69, 9.17) is 4.74 Å². The molecular weight excluding hydrogens is 461 g/mol. The zero-order valence-electron chi connectivity index (χ0n) is 18.6. The Bertz CT molecular complexity index is 847. The van der Waals surface area contributed by atoms with E-state index < -0.39 is 6.10 Å². The quantitative estimate of drug-likeness (QED) is 0.451. The van der Waals surface area contributed by atoms with Crippen LogP contribution in [0.1, 0.15) is 80.6 Å². The topological polar surface area (TPSA) is 46.5 Å². The minimum atomic E-state index is -0.438. The van der Waals surface area contributed by atoms with Gasteiger partial charge in [-0.05, 0) is 42.7 Å². The standard InChI is InChI=1S/C27H33O3.Y/c1-2-14-27(15-7-16-27)26(29)22-11-6-10-21(17-22)25-23(12-13-24(25)28)19-30-18-20-8-4-3-5-9-20;/h3-4,6,8-11,17,23,25-26,29H,2,7,12-16,18-19H2,1H3;/q-1;. The van der Waals surface area contributed by atoms with Crippen LogP contribution in [0.4, 0.5) is 0 Å². The predicted octanol–water partition coefficient (Wildman–Crippen LogP) is 5.77. The molecule has 0 amide bonds. The van der Waals surface area contributed by atoms with Crippen molar-refractivity contribution in [2.45, 2.75) is 70.5 Å². The average molecular weight is 494 g/mol. The molecule has 3 nitrogen and oxygen atoms in total. The van der Waals surface area contributed by atoms with Crippen molar-refractivity contribution in [1.82, 2.24) is 0 Å². The Morgan fingerprint density at radius 1 is 1.26 bits per heavy atom. The van der Waals surface area contributed by atoms with Gasteiger partial charge < -0.3 is 9.84 Å². The third kappa shape index (κ3) is 5.56. The molecule has 0 bridgehead atoms. The maximum Gasteiger partial charge on any atom is 0.140 e. The van der Waals surface area contributed by atoms with Crippen LogP contribution in [0.3, 0.4) is 0 Å². The summed E-state index contributed by atoms with van der Waals surface area (Å²) in [5.74, 6) is 0.379. The Kier molecular flexibility index (Phi) is 9.05. The van der Waals surface area contributed by atoms with Crippen LogP contribution < -0.4 is 0 Å². The molecule has 4 heteroatoms. The van der Waals surface area contributed by atoms with Crippen molar-refractivity contribution in [3.63, 3.8) is 0 Å². The van der Waals surface area contributed by atoms with Crippen LogP contribution in [0.2, 0.25) is 0 Å². The van der Waals surface area contributed by atoms with E-state index in [-0.39, 0.29) is 50.0 Å². The molecule has 4 rings (SSSR count). The fourth-order valence-corrected chi connectivity index (χ4v) is 5.46. The summed E-state index contributed by atoms with van der Waals surface area (Å²) >= 11 is 0. The maximum atomic E-state index is 12.7. The molecule has 3 unspecified atom stereocenters. The first kappa shape index (κ1) is 24.8. The van der Waals surface area contributed by atoms with Crippen LogP contribution in [-0.4, -0.2) is 17.5 Å². The summed E-state index contributed by atoms with van der Waals surface area (Å²) in [6, 6.07) is 19.1. The molecule has 0 spiro atoms. The molecule has 0 saturated heterocycles. The third-order valence-corrected chi connectivity index (χ3v) is 7.21. The van der Waals surface area contributed by atoms with Gasteiger partial charge in [0.15, 0.2) is 0 Å². The van der Waals surface area contributed by atoms with Gasteiger partial charge in [0.05, 0.1) is 6.10 Å². The Labute approximate surface area is 211 Å². The number of aliphatic hydroxyl groups is 1. The molecule has 2 aliphatic rings. The predicted molar refractivity (Wildman–Crippen MR) is 118 cm³/mol. The second-order valence-corrected chi connectivity index (χ2v) is 9.21. The van der Waals surface area contributed by atoms with Crippen molar-refractivity contribution in [1.29, 1.82) is 0 Å².